The lowest BCUT2D eigenvalue weighted by molar-refractivity contribution is 0.101. The van der Waals surface area contributed by atoms with Crippen LogP contribution in [0, 0.1) is 5.92 Å². The maximum absolute atomic E-state index is 12.9. The molecule has 2 aliphatic rings. The summed E-state index contributed by atoms with van der Waals surface area (Å²) in [6.45, 7) is 4.28. The van der Waals surface area contributed by atoms with Gasteiger partial charge in [0.25, 0.3) is 0 Å². The van der Waals surface area contributed by atoms with Crippen LogP contribution in [0.4, 0.5) is 5.69 Å². The Bertz CT molecular complexity index is 1230. The molecular formula is C25H33N3O5S2. The largest absolute Gasteiger partial charge is 0.378 e. The molecule has 0 unspecified atom stereocenters. The van der Waals surface area contributed by atoms with E-state index in [1.807, 2.05) is 0 Å². The molecule has 0 aliphatic carbocycles. The number of ketones is 1. The highest BCUT2D eigenvalue weighted by Gasteiger charge is 2.28. The van der Waals surface area contributed by atoms with Crippen LogP contribution >= 0.6 is 0 Å². The Morgan fingerprint density at radius 1 is 0.771 bits per heavy atom. The van der Waals surface area contributed by atoms with Crippen molar-refractivity contribution in [2.45, 2.75) is 48.8 Å². The topological polar surface area (TPSA) is 104 Å². The van der Waals surface area contributed by atoms with Gasteiger partial charge in [0.1, 0.15) is 0 Å². The first-order valence-electron chi connectivity index (χ1n) is 12.2. The predicted molar refractivity (Wildman–Crippen MR) is 135 cm³/mol. The third-order valence-corrected chi connectivity index (χ3v) is 10.6. The fourth-order valence-corrected chi connectivity index (χ4v) is 7.46. The molecule has 2 heterocycles. The Balaban J connectivity index is 1.34. The number of hydrogen-bond donors (Lipinski definition) is 1. The Morgan fingerprint density at radius 3 is 1.80 bits per heavy atom. The summed E-state index contributed by atoms with van der Waals surface area (Å²) in [5.74, 6) is 0.343. The van der Waals surface area contributed by atoms with Crippen molar-refractivity contribution in [3.8, 4) is 0 Å². The van der Waals surface area contributed by atoms with E-state index in [1.165, 1.54) is 32.9 Å². The number of nitrogens with one attached hydrogen (secondary N) is 1. The second-order valence-corrected chi connectivity index (χ2v) is 13.3. The van der Waals surface area contributed by atoms with Crippen molar-refractivity contribution in [2.75, 3.05) is 38.0 Å². The first-order valence-corrected chi connectivity index (χ1v) is 15.0. The molecule has 1 N–H and O–H groups in total. The van der Waals surface area contributed by atoms with Gasteiger partial charge in [0.2, 0.25) is 20.0 Å². The average Bonchev–Trinajstić information content (AvgIpc) is 2.88. The lowest BCUT2D eigenvalue weighted by Crippen LogP contribution is -2.37. The molecular weight excluding hydrogens is 486 g/mol. The first kappa shape index (κ1) is 25.8. The molecule has 8 nitrogen and oxygen atoms in total. The molecule has 4 rings (SSSR count). The third kappa shape index (κ3) is 5.94. The van der Waals surface area contributed by atoms with Crippen molar-refractivity contribution >= 4 is 31.5 Å². The second kappa shape index (κ2) is 10.8. The van der Waals surface area contributed by atoms with Crippen molar-refractivity contribution in [1.82, 2.24) is 8.61 Å². The molecule has 2 aromatic rings. The number of hydrogen-bond acceptors (Lipinski definition) is 6. The maximum Gasteiger partial charge on any atom is 0.243 e. The minimum absolute atomic E-state index is 0.00827. The van der Waals surface area contributed by atoms with Crippen LogP contribution in [0.1, 0.15) is 49.4 Å². The number of anilines is 1. The summed E-state index contributed by atoms with van der Waals surface area (Å²) < 4.78 is 54.3. The molecule has 0 amide bonds. The summed E-state index contributed by atoms with van der Waals surface area (Å²) in [6.07, 6.45) is 4.52. The van der Waals surface area contributed by atoms with Crippen LogP contribution in [-0.2, 0) is 20.0 Å². The summed E-state index contributed by atoms with van der Waals surface area (Å²) in [5.41, 5.74) is 1.04. The van der Waals surface area contributed by atoms with E-state index in [1.54, 1.807) is 24.3 Å². The van der Waals surface area contributed by atoms with Gasteiger partial charge < -0.3 is 5.32 Å². The zero-order valence-electron chi connectivity index (χ0n) is 20.0. The molecule has 0 radical (unpaired) electrons. The molecule has 35 heavy (non-hydrogen) atoms. The van der Waals surface area contributed by atoms with Gasteiger partial charge in [0.05, 0.1) is 16.3 Å². The molecule has 2 fully saturated rings. The first-order chi connectivity index (χ1) is 16.7. The van der Waals surface area contributed by atoms with Gasteiger partial charge in [0, 0.05) is 37.4 Å². The van der Waals surface area contributed by atoms with Gasteiger partial charge >= 0.3 is 0 Å². The van der Waals surface area contributed by atoms with E-state index < -0.39 is 20.0 Å². The quantitative estimate of drug-likeness (QED) is 0.535. The number of piperidine rings is 2. The number of benzene rings is 2. The van der Waals surface area contributed by atoms with Crippen LogP contribution in [0.15, 0.2) is 58.3 Å². The number of carbonyl (C=O) groups is 1. The highest BCUT2D eigenvalue weighted by molar-refractivity contribution is 7.89. The normalized spacial score (nSPS) is 18.9. The molecule has 0 bridgehead atoms. The van der Waals surface area contributed by atoms with Crippen LogP contribution in [0.3, 0.4) is 0 Å². The predicted octanol–water partition coefficient (Wildman–Crippen LogP) is 3.58. The summed E-state index contributed by atoms with van der Waals surface area (Å²) in [4.78, 5) is 13.1. The van der Waals surface area contributed by atoms with E-state index >= 15 is 0 Å². The molecule has 0 saturated carbocycles. The number of rotatable bonds is 8. The van der Waals surface area contributed by atoms with E-state index in [0.717, 1.165) is 32.1 Å². The van der Waals surface area contributed by atoms with E-state index in [-0.39, 0.29) is 22.1 Å². The molecule has 190 valence electrons. The Morgan fingerprint density at radius 2 is 1.26 bits per heavy atom. The summed E-state index contributed by atoms with van der Waals surface area (Å²) in [5, 5.41) is 3.02. The zero-order valence-corrected chi connectivity index (χ0v) is 21.7. The third-order valence-electron chi connectivity index (χ3n) is 6.82. The van der Waals surface area contributed by atoms with E-state index in [0.29, 0.717) is 43.3 Å². The smallest absolute Gasteiger partial charge is 0.243 e. The Labute approximate surface area is 208 Å². The fraction of sp³-hybridized carbons (Fsp3) is 0.480. The minimum atomic E-state index is -3.55. The fourth-order valence-electron chi connectivity index (χ4n) is 4.47. The van der Waals surface area contributed by atoms with Gasteiger partial charge in [0.15, 0.2) is 5.78 Å². The lowest BCUT2D eigenvalue weighted by atomic mass is 10.0. The van der Waals surface area contributed by atoms with Crippen LogP contribution in [0.2, 0.25) is 0 Å². The summed E-state index contributed by atoms with van der Waals surface area (Å²) in [6, 6.07) is 12.5. The summed E-state index contributed by atoms with van der Waals surface area (Å²) in [7, 11) is -7.05. The maximum atomic E-state index is 12.9. The molecule has 2 aliphatic heterocycles. The number of carbonyl (C=O) groups excluding carboxylic acids is 1. The van der Waals surface area contributed by atoms with Crippen molar-refractivity contribution in [1.29, 1.82) is 0 Å². The van der Waals surface area contributed by atoms with Crippen molar-refractivity contribution in [3.63, 3.8) is 0 Å². The lowest BCUT2D eigenvalue weighted by Gasteiger charge is -2.29. The molecule has 10 heteroatoms. The average molecular weight is 520 g/mol. The van der Waals surface area contributed by atoms with Crippen LogP contribution in [0.5, 0.6) is 0 Å². The monoisotopic (exact) mass is 519 g/mol. The van der Waals surface area contributed by atoms with Gasteiger partial charge in [-0.2, -0.15) is 8.61 Å². The molecule has 0 spiro atoms. The van der Waals surface area contributed by atoms with Crippen molar-refractivity contribution in [2.24, 2.45) is 5.92 Å². The van der Waals surface area contributed by atoms with Crippen molar-refractivity contribution < 1.29 is 21.6 Å². The zero-order chi connectivity index (χ0) is 25.1. The van der Waals surface area contributed by atoms with Crippen LogP contribution < -0.4 is 5.32 Å². The number of Topliss-reactive ketones (excluding diaryl/α,β-unsaturated/α-hetero) is 1. The second-order valence-electron chi connectivity index (χ2n) is 9.38. The molecule has 2 saturated heterocycles. The number of nitrogens with zero attached hydrogens (tertiary/aromatic N) is 2. The van der Waals surface area contributed by atoms with Crippen LogP contribution in [-0.4, -0.2) is 64.0 Å². The molecule has 2 aromatic carbocycles. The number of sulfonamides is 2. The van der Waals surface area contributed by atoms with Gasteiger partial charge in [-0.25, -0.2) is 16.8 Å². The SMILES string of the molecule is CC1CCN(S(=O)(=O)c2ccc(C(=O)CNc3ccc(S(=O)(=O)N4CCCCC4)cc3)cc2)CC1. The van der Waals surface area contributed by atoms with Gasteiger partial charge in [-0.15, -0.1) is 0 Å². The molecule has 0 aromatic heterocycles. The Kier molecular flexibility index (Phi) is 7.95. The van der Waals surface area contributed by atoms with E-state index in [2.05, 4.69) is 12.2 Å². The van der Waals surface area contributed by atoms with Crippen molar-refractivity contribution in [3.05, 3.63) is 54.1 Å². The van der Waals surface area contributed by atoms with Gasteiger partial charge in [-0.3, -0.25) is 4.79 Å². The standard InChI is InChI=1S/C25H33N3O5S2/c1-20-13-17-28(18-14-20)35(32,33)23-9-5-21(6-10-23)25(29)19-26-22-7-11-24(12-8-22)34(30,31)27-15-3-2-4-16-27/h5-12,20,26H,2-4,13-19H2,1H3. The highest BCUT2D eigenvalue weighted by atomic mass is 32.2. The van der Waals surface area contributed by atoms with Crippen LogP contribution in [0.25, 0.3) is 0 Å². The highest BCUT2D eigenvalue weighted by Crippen LogP contribution is 2.24. The summed E-state index contributed by atoms with van der Waals surface area (Å²) >= 11 is 0. The molecule has 0 atom stereocenters. The Hall–Kier alpha value is -2.27. The minimum Gasteiger partial charge on any atom is -0.378 e. The van der Waals surface area contributed by atoms with E-state index in [9.17, 15) is 21.6 Å². The van der Waals surface area contributed by atoms with Gasteiger partial charge in [-0.05, 0) is 80.1 Å². The van der Waals surface area contributed by atoms with E-state index in [4.69, 9.17) is 0 Å². The van der Waals surface area contributed by atoms with Gasteiger partial charge in [-0.1, -0.05) is 13.3 Å².